The van der Waals surface area contributed by atoms with Gasteiger partial charge in [-0.2, -0.15) is 0 Å². The molecule has 5 heteroatoms. The average molecular weight is 282 g/mol. The molecule has 1 amide bonds. The summed E-state index contributed by atoms with van der Waals surface area (Å²) < 4.78 is 0. The molecular weight excluding hydrogens is 262 g/mol. The molecule has 104 valence electrons. The second-order valence-corrected chi connectivity index (χ2v) is 5.88. The van der Waals surface area contributed by atoms with Crippen LogP contribution in [0.25, 0.3) is 0 Å². The topological polar surface area (TPSA) is 67.1 Å². The predicted molar refractivity (Wildman–Crippen MR) is 78.7 cm³/mol. The van der Waals surface area contributed by atoms with Crippen LogP contribution in [-0.2, 0) is 0 Å². The van der Waals surface area contributed by atoms with Gasteiger partial charge >= 0.3 is 0 Å². The second kappa shape index (κ2) is 5.80. The highest BCUT2D eigenvalue weighted by Gasteiger charge is 2.26. The fraction of sp³-hybridized carbons (Fsp3) is 0.500. The van der Waals surface area contributed by atoms with E-state index in [1.54, 1.807) is 12.1 Å². The first-order valence-corrected chi connectivity index (χ1v) is 6.92. The van der Waals surface area contributed by atoms with E-state index in [1.165, 1.54) is 0 Å². The highest BCUT2D eigenvalue weighted by molar-refractivity contribution is 6.34. The number of rotatable bonds is 4. The number of carbonyl (C=O) groups excluding carboxylic acids is 1. The third kappa shape index (κ3) is 3.61. The smallest absolute Gasteiger partial charge is 0.250 e. The van der Waals surface area contributed by atoms with E-state index in [9.17, 15) is 4.79 Å². The average Bonchev–Trinajstić information content (AvgIpc) is 2.37. The van der Waals surface area contributed by atoms with E-state index in [4.69, 9.17) is 17.3 Å². The molecule has 0 bridgehead atoms. The molecule has 1 aromatic carbocycles. The summed E-state index contributed by atoms with van der Waals surface area (Å²) in [5.74, 6) is -0.498. The Hall–Kier alpha value is -1.26. The molecule has 0 atom stereocenters. The number of hydrogen-bond acceptors (Lipinski definition) is 3. The Morgan fingerprint density at radius 2 is 2.16 bits per heavy atom. The van der Waals surface area contributed by atoms with Crippen molar-refractivity contribution in [3.8, 4) is 0 Å². The van der Waals surface area contributed by atoms with E-state index in [2.05, 4.69) is 17.6 Å². The van der Waals surface area contributed by atoms with Crippen LogP contribution in [0.2, 0.25) is 5.02 Å². The number of carbonyl (C=O) groups is 1. The van der Waals surface area contributed by atoms with E-state index in [1.807, 2.05) is 6.07 Å². The molecule has 2 rings (SSSR count). The van der Waals surface area contributed by atoms with Crippen molar-refractivity contribution in [2.45, 2.75) is 19.8 Å². The molecule has 1 heterocycles. The number of piperidine rings is 1. The maximum absolute atomic E-state index is 11.1. The summed E-state index contributed by atoms with van der Waals surface area (Å²) >= 11 is 6.03. The van der Waals surface area contributed by atoms with E-state index >= 15 is 0 Å². The number of amides is 1. The van der Waals surface area contributed by atoms with Gasteiger partial charge in [-0.3, -0.25) is 4.79 Å². The lowest BCUT2D eigenvalue weighted by molar-refractivity contribution is 0.100. The maximum Gasteiger partial charge on any atom is 0.250 e. The summed E-state index contributed by atoms with van der Waals surface area (Å²) in [7, 11) is 0. The van der Waals surface area contributed by atoms with Gasteiger partial charge in [0.15, 0.2) is 0 Å². The molecule has 19 heavy (non-hydrogen) atoms. The van der Waals surface area contributed by atoms with Gasteiger partial charge in [0, 0.05) is 12.2 Å². The number of benzene rings is 1. The third-order valence-electron chi connectivity index (χ3n) is 3.76. The molecule has 0 radical (unpaired) electrons. The maximum atomic E-state index is 11.1. The summed E-state index contributed by atoms with van der Waals surface area (Å²) in [4.78, 5) is 11.1. The monoisotopic (exact) mass is 281 g/mol. The quantitative estimate of drug-likeness (QED) is 0.793. The van der Waals surface area contributed by atoms with Crippen molar-refractivity contribution < 1.29 is 4.79 Å². The lowest BCUT2D eigenvalue weighted by Gasteiger charge is -2.34. The summed E-state index contributed by atoms with van der Waals surface area (Å²) in [5.41, 5.74) is 6.82. The van der Waals surface area contributed by atoms with Crippen molar-refractivity contribution in [2.75, 3.05) is 25.0 Å². The van der Waals surface area contributed by atoms with E-state index in [0.717, 1.165) is 38.2 Å². The van der Waals surface area contributed by atoms with Gasteiger partial charge in [-0.1, -0.05) is 18.5 Å². The normalized spacial score (nSPS) is 18.0. The number of nitrogens with one attached hydrogen (secondary N) is 2. The molecule has 0 saturated carbocycles. The van der Waals surface area contributed by atoms with Crippen molar-refractivity contribution in [1.82, 2.24) is 5.32 Å². The van der Waals surface area contributed by atoms with Gasteiger partial charge in [0.05, 0.1) is 10.6 Å². The third-order valence-corrected chi connectivity index (χ3v) is 4.08. The van der Waals surface area contributed by atoms with Gasteiger partial charge in [-0.05, 0) is 49.5 Å². The first kappa shape index (κ1) is 14.2. The van der Waals surface area contributed by atoms with Gasteiger partial charge < -0.3 is 16.4 Å². The highest BCUT2D eigenvalue weighted by Crippen LogP contribution is 2.29. The molecule has 0 aliphatic carbocycles. The molecule has 4 N–H and O–H groups in total. The van der Waals surface area contributed by atoms with Crippen LogP contribution in [0.4, 0.5) is 5.69 Å². The first-order valence-electron chi connectivity index (χ1n) is 6.54. The SMILES string of the molecule is CC1(CNc2ccc(C(N)=O)c(Cl)c2)CCNCC1. The minimum absolute atomic E-state index is 0.306. The van der Waals surface area contributed by atoms with Crippen LogP contribution >= 0.6 is 11.6 Å². The molecular formula is C14H20ClN3O. The molecule has 0 aromatic heterocycles. The molecule has 1 fully saturated rings. The molecule has 0 spiro atoms. The molecule has 1 aliphatic rings. The lowest BCUT2D eigenvalue weighted by Crippen LogP contribution is -2.39. The van der Waals surface area contributed by atoms with Crippen LogP contribution in [0.1, 0.15) is 30.1 Å². The lowest BCUT2D eigenvalue weighted by atomic mass is 9.81. The minimum Gasteiger partial charge on any atom is -0.384 e. The number of anilines is 1. The van der Waals surface area contributed by atoms with E-state index in [-0.39, 0.29) is 0 Å². The van der Waals surface area contributed by atoms with Gasteiger partial charge in [0.25, 0.3) is 0 Å². The molecule has 1 saturated heterocycles. The Morgan fingerprint density at radius 3 is 2.74 bits per heavy atom. The largest absolute Gasteiger partial charge is 0.384 e. The predicted octanol–water partition coefficient (Wildman–Crippen LogP) is 2.24. The highest BCUT2D eigenvalue weighted by atomic mass is 35.5. The number of hydrogen-bond donors (Lipinski definition) is 3. The fourth-order valence-electron chi connectivity index (χ4n) is 2.35. The Bertz CT molecular complexity index is 470. The van der Waals surface area contributed by atoms with Gasteiger partial charge in [0.2, 0.25) is 5.91 Å². The minimum atomic E-state index is -0.498. The summed E-state index contributed by atoms with van der Waals surface area (Å²) in [6.07, 6.45) is 2.32. The Labute approximate surface area is 118 Å². The van der Waals surface area contributed by atoms with Gasteiger partial charge in [0.1, 0.15) is 0 Å². The van der Waals surface area contributed by atoms with Crippen molar-refractivity contribution in [3.63, 3.8) is 0 Å². The van der Waals surface area contributed by atoms with Crippen molar-refractivity contribution >= 4 is 23.2 Å². The van der Waals surface area contributed by atoms with Crippen LogP contribution < -0.4 is 16.4 Å². The van der Waals surface area contributed by atoms with Crippen LogP contribution in [0.15, 0.2) is 18.2 Å². The van der Waals surface area contributed by atoms with Crippen molar-refractivity contribution in [3.05, 3.63) is 28.8 Å². The van der Waals surface area contributed by atoms with Crippen LogP contribution in [0.3, 0.4) is 0 Å². The number of halogens is 1. The van der Waals surface area contributed by atoms with E-state index in [0.29, 0.717) is 16.0 Å². The zero-order valence-electron chi connectivity index (χ0n) is 11.1. The fourth-order valence-corrected chi connectivity index (χ4v) is 2.62. The zero-order chi connectivity index (χ0) is 13.9. The summed E-state index contributed by atoms with van der Waals surface area (Å²) in [6, 6.07) is 5.26. The van der Waals surface area contributed by atoms with E-state index < -0.39 is 5.91 Å². The first-order chi connectivity index (χ1) is 9.00. The van der Waals surface area contributed by atoms with Crippen LogP contribution in [0, 0.1) is 5.41 Å². The van der Waals surface area contributed by atoms with Crippen molar-refractivity contribution in [2.24, 2.45) is 11.1 Å². The van der Waals surface area contributed by atoms with Crippen LogP contribution in [0.5, 0.6) is 0 Å². The Kier molecular flexibility index (Phi) is 4.32. The Balaban J connectivity index is 2.00. The standard InChI is InChI=1S/C14H20ClN3O/c1-14(4-6-17-7-5-14)9-18-10-2-3-11(13(16)19)12(15)8-10/h2-3,8,17-18H,4-7,9H2,1H3,(H2,16,19). The van der Waals surface area contributed by atoms with Gasteiger partial charge in [-0.15, -0.1) is 0 Å². The number of primary amides is 1. The molecule has 4 nitrogen and oxygen atoms in total. The second-order valence-electron chi connectivity index (χ2n) is 5.47. The zero-order valence-corrected chi connectivity index (χ0v) is 11.9. The summed E-state index contributed by atoms with van der Waals surface area (Å²) in [6.45, 7) is 5.33. The van der Waals surface area contributed by atoms with Crippen molar-refractivity contribution in [1.29, 1.82) is 0 Å². The molecule has 1 aromatic rings. The van der Waals surface area contributed by atoms with Gasteiger partial charge in [-0.25, -0.2) is 0 Å². The summed E-state index contributed by atoms with van der Waals surface area (Å²) in [5, 5.41) is 7.16. The Morgan fingerprint density at radius 1 is 1.47 bits per heavy atom. The number of nitrogens with two attached hydrogens (primary N) is 1. The van der Waals surface area contributed by atoms with Crippen LogP contribution in [-0.4, -0.2) is 25.5 Å². The molecule has 0 unspecified atom stereocenters. The molecule has 1 aliphatic heterocycles.